The Balaban J connectivity index is 1.05. The van der Waals surface area contributed by atoms with Gasteiger partial charge in [0.15, 0.2) is 0 Å². The van der Waals surface area contributed by atoms with Crippen LogP contribution in [0.5, 0.6) is 0 Å². The summed E-state index contributed by atoms with van der Waals surface area (Å²) in [5.74, 6) is 0. The fourth-order valence-corrected chi connectivity index (χ4v) is 8.57. The summed E-state index contributed by atoms with van der Waals surface area (Å²) in [7, 11) is 0. The molecule has 0 atom stereocenters. The van der Waals surface area contributed by atoms with Crippen LogP contribution in [0.3, 0.4) is 0 Å². The maximum absolute atomic E-state index is 8.44. The predicted octanol–water partition coefficient (Wildman–Crippen LogP) is 15.2. The van der Waals surface area contributed by atoms with Gasteiger partial charge in [0.2, 0.25) is 0 Å². The first-order chi connectivity index (χ1) is 28.5. The van der Waals surface area contributed by atoms with E-state index in [1.807, 2.05) is 48.5 Å². The molecule has 2 nitrogen and oxygen atoms in total. The van der Waals surface area contributed by atoms with Crippen LogP contribution in [-0.4, -0.2) is 0 Å². The van der Waals surface area contributed by atoms with E-state index in [-0.39, 0.29) is 5.41 Å². The van der Waals surface area contributed by atoms with Crippen molar-refractivity contribution in [3.63, 3.8) is 0 Å². The minimum atomic E-state index is -0.0954. The minimum Gasteiger partial charge on any atom is -0.311 e. The van der Waals surface area contributed by atoms with Crippen molar-refractivity contribution in [3.8, 4) is 22.3 Å². The van der Waals surface area contributed by atoms with E-state index in [2.05, 4.69) is 168 Å². The number of hydrogen-bond donors (Lipinski definition) is 0. The molecule has 8 aromatic carbocycles. The molecule has 1 aliphatic rings. The molecule has 0 bridgehead atoms. The zero-order chi connectivity index (χ0) is 39.3. The van der Waals surface area contributed by atoms with Gasteiger partial charge in [0, 0.05) is 39.5 Å². The second-order valence-corrected chi connectivity index (χ2v) is 14.8. The zero-order valence-electron chi connectivity index (χ0n) is 33.6. The SMILES string of the molecule is [3H]c1cccc(N(c2ccc(-c3ccccc3)cc2)c2ccc(C3(c4ccc(N(c5ccc(-c6ccccc6)cc5)c5cccc([3H])c5)cc4)CCCCC3)cc2)c1. The van der Waals surface area contributed by atoms with Crippen LogP contribution in [0.25, 0.3) is 22.3 Å². The minimum absolute atomic E-state index is 0.0954. The van der Waals surface area contributed by atoms with Crippen LogP contribution in [-0.2, 0) is 5.41 Å². The lowest BCUT2D eigenvalue weighted by Crippen LogP contribution is -2.30. The molecule has 1 fully saturated rings. The van der Waals surface area contributed by atoms with Gasteiger partial charge in [0.05, 0.1) is 2.74 Å². The van der Waals surface area contributed by atoms with Crippen molar-refractivity contribution in [2.75, 3.05) is 9.80 Å². The molecular weight excluding hydrogens is 677 g/mol. The zero-order valence-corrected chi connectivity index (χ0v) is 31.6. The van der Waals surface area contributed by atoms with Gasteiger partial charge in [-0.05, 0) is 119 Å². The maximum atomic E-state index is 8.44. The highest BCUT2D eigenvalue weighted by Crippen LogP contribution is 2.47. The molecular formula is C54H46N2. The number of benzene rings is 8. The molecule has 56 heavy (non-hydrogen) atoms. The van der Waals surface area contributed by atoms with Gasteiger partial charge >= 0.3 is 0 Å². The summed E-state index contributed by atoms with van der Waals surface area (Å²) in [5, 5.41) is 0. The number of para-hydroxylation sites is 2. The Morgan fingerprint density at radius 1 is 0.304 bits per heavy atom. The predicted molar refractivity (Wildman–Crippen MR) is 237 cm³/mol. The van der Waals surface area contributed by atoms with Crippen LogP contribution in [0.2, 0.25) is 0 Å². The average molecular weight is 727 g/mol. The van der Waals surface area contributed by atoms with Gasteiger partial charge in [-0.25, -0.2) is 0 Å². The largest absolute Gasteiger partial charge is 0.311 e. The topological polar surface area (TPSA) is 6.48 Å². The Bertz CT molecular complexity index is 2400. The summed E-state index contributed by atoms with van der Waals surface area (Å²) in [6.07, 6.45) is 5.83. The van der Waals surface area contributed by atoms with Crippen molar-refractivity contribution in [1.82, 2.24) is 0 Å². The third-order valence-corrected chi connectivity index (χ3v) is 11.4. The standard InChI is InChI=1S/C54H46N2/c1-6-16-42(17-7-1)44-24-32-50(33-25-44)55(48-20-10-3-11-21-48)52-36-28-46(29-37-52)54(40-14-5-15-41-54)47-30-38-53(39-31-47)56(49-22-12-4-13-23-49)51-34-26-45(27-35-51)43-18-8-2-9-19-43/h1-4,6-13,16-39H,5,14-15,40-41H2/i10T,12T. The molecule has 0 N–H and O–H groups in total. The Morgan fingerprint density at radius 3 is 1.00 bits per heavy atom. The molecule has 1 saturated carbocycles. The fourth-order valence-electron chi connectivity index (χ4n) is 8.57. The lowest BCUT2D eigenvalue weighted by Gasteiger charge is -2.39. The monoisotopic (exact) mass is 726 g/mol. The average Bonchev–Trinajstić information content (AvgIpc) is 3.28. The summed E-state index contributed by atoms with van der Waals surface area (Å²) in [6, 6.07) is 73.4. The molecule has 0 saturated heterocycles. The molecule has 272 valence electrons. The van der Waals surface area contributed by atoms with E-state index >= 15 is 0 Å². The van der Waals surface area contributed by atoms with Crippen molar-refractivity contribution < 1.29 is 2.74 Å². The molecule has 0 spiro atoms. The van der Waals surface area contributed by atoms with Gasteiger partial charge in [-0.2, -0.15) is 0 Å². The van der Waals surface area contributed by atoms with Gasteiger partial charge in [-0.15, -0.1) is 0 Å². The molecule has 0 heterocycles. The van der Waals surface area contributed by atoms with Gasteiger partial charge in [-0.3, -0.25) is 0 Å². The number of nitrogens with zero attached hydrogens (tertiary/aromatic N) is 2. The van der Waals surface area contributed by atoms with Gasteiger partial charge in [-0.1, -0.05) is 165 Å². The van der Waals surface area contributed by atoms with Crippen molar-refractivity contribution in [1.29, 1.82) is 0 Å². The van der Waals surface area contributed by atoms with E-state index < -0.39 is 0 Å². The summed E-state index contributed by atoms with van der Waals surface area (Å²) in [4.78, 5) is 4.51. The van der Waals surface area contributed by atoms with Crippen molar-refractivity contribution in [3.05, 3.63) is 229 Å². The second-order valence-electron chi connectivity index (χ2n) is 14.8. The highest BCUT2D eigenvalue weighted by atomic mass is 15.1. The first-order valence-corrected chi connectivity index (χ1v) is 19.8. The van der Waals surface area contributed by atoms with Crippen LogP contribution < -0.4 is 9.80 Å². The van der Waals surface area contributed by atoms with Crippen molar-refractivity contribution in [2.24, 2.45) is 0 Å². The second kappa shape index (κ2) is 16.0. The smallest absolute Gasteiger partial charge is 0.0623 e. The van der Waals surface area contributed by atoms with E-state index in [9.17, 15) is 0 Å². The molecule has 0 unspecified atom stereocenters. The molecule has 0 amide bonds. The maximum Gasteiger partial charge on any atom is 0.0623 e. The molecule has 0 aliphatic heterocycles. The van der Waals surface area contributed by atoms with Crippen LogP contribution in [0.1, 0.15) is 46.0 Å². The quantitative estimate of drug-likeness (QED) is 0.138. The van der Waals surface area contributed by atoms with Gasteiger partial charge in [0.1, 0.15) is 0 Å². The number of anilines is 6. The van der Waals surface area contributed by atoms with Crippen molar-refractivity contribution >= 4 is 34.1 Å². The first-order valence-electron chi connectivity index (χ1n) is 20.8. The summed E-state index contributed by atoms with van der Waals surface area (Å²) in [5.41, 5.74) is 13.5. The van der Waals surface area contributed by atoms with E-state index in [0.717, 1.165) is 47.0 Å². The molecule has 1 aliphatic carbocycles. The van der Waals surface area contributed by atoms with Crippen molar-refractivity contribution in [2.45, 2.75) is 37.5 Å². The molecule has 9 rings (SSSR count). The Morgan fingerprint density at radius 2 is 0.625 bits per heavy atom. The molecule has 8 aromatic rings. The third kappa shape index (κ3) is 7.14. The summed E-state index contributed by atoms with van der Waals surface area (Å²) in [6.45, 7) is 0. The van der Waals surface area contributed by atoms with E-state index in [1.54, 1.807) is 0 Å². The molecule has 2 heteroatoms. The Hall–Kier alpha value is -6.64. The fraction of sp³-hybridized carbons (Fsp3) is 0.111. The summed E-state index contributed by atoms with van der Waals surface area (Å²) < 4.78 is 16.9. The Kier molecular flexibility index (Phi) is 9.36. The van der Waals surface area contributed by atoms with Gasteiger partial charge < -0.3 is 9.80 Å². The third-order valence-electron chi connectivity index (χ3n) is 11.4. The van der Waals surface area contributed by atoms with E-state index in [1.165, 1.54) is 52.6 Å². The summed E-state index contributed by atoms with van der Waals surface area (Å²) >= 11 is 0. The highest BCUT2D eigenvalue weighted by molar-refractivity contribution is 5.80. The molecule has 0 radical (unpaired) electrons. The lowest BCUT2D eigenvalue weighted by molar-refractivity contribution is 0.346. The normalized spacial score (nSPS) is 14.0. The van der Waals surface area contributed by atoms with Crippen LogP contribution >= 0.6 is 0 Å². The highest BCUT2D eigenvalue weighted by Gasteiger charge is 2.36. The van der Waals surface area contributed by atoms with E-state index in [4.69, 9.17) is 2.74 Å². The Labute approximate surface area is 334 Å². The van der Waals surface area contributed by atoms with Gasteiger partial charge in [0.25, 0.3) is 0 Å². The van der Waals surface area contributed by atoms with Crippen LogP contribution in [0.4, 0.5) is 34.1 Å². The first kappa shape index (κ1) is 32.8. The van der Waals surface area contributed by atoms with Crippen LogP contribution in [0.15, 0.2) is 218 Å². The lowest BCUT2D eigenvalue weighted by atomic mass is 9.65. The van der Waals surface area contributed by atoms with E-state index in [0.29, 0.717) is 12.1 Å². The van der Waals surface area contributed by atoms with Crippen LogP contribution in [0, 0.1) is 0 Å². The number of hydrogen-bond acceptors (Lipinski definition) is 2. The number of rotatable bonds is 10. The molecule has 0 aromatic heterocycles.